The van der Waals surface area contributed by atoms with Crippen molar-refractivity contribution in [3.8, 4) is 0 Å². The van der Waals surface area contributed by atoms with Gasteiger partial charge in [-0.3, -0.25) is 5.32 Å². The third-order valence-corrected chi connectivity index (χ3v) is 4.41. The first-order valence-corrected chi connectivity index (χ1v) is 6.99. The molecule has 4 nitrogen and oxygen atoms in total. The second kappa shape index (κ2) is 5.33. The van der Waals surface area contributed by atoms with Crippen molar-refractivity contribution in [1.82, 2.24) is 5.32 Å². The Morgan fingerprint density at radius 2 is 1.96 bits per heavy atom. The topological polar surface area (TPSA) is 61.4 Å². The van der Waals surface area contributed by atoms with E-state index in [1.165, 1.54) is 0 Å². The Morgan fingerprint density at radius 3 is 2.52 bits per heavy atom. The molecule has 0 aromatic heterocycles. The van der Waals surface area contributed by atoms with Crippen LogP contribution in [-0.4, -0.2) is 27.8 Å². The van der Waals surface area contributed by atoms with Crippen LogP contribution < -0.4 is 10.6 Å². The fraction of sp³-hybridized carbons (Fsp3) is 0.429. The summed E-state index contributed by atoms with van der Waals surface area (Å²) in [6, 6.07) is 2.89. The van der Waals surface area contributed by atoms with Crippen LogP contribution in [0, 0.1) is 5.82 Å². The number of halogens is 4. The maximum Gasteiger partial charge on any atom is 0.409 e. The number of amides is 1. The summed E-state index contributed by atoms with van der Waals surface area (Å²) in [6.45, 7) is 1.92. The van der Waals surface area contributed by atoms with Crippen molar-refractivity contribution in [1.29, 1.82) is 0 Å². The minimum absolute atomic E-state index is 0.0905. The van der Waals surface area contributed by atoms with E-state index < -0.39 is 46.0 Å². The number of carboxylic acid groups (broad SMARTS) is 1. The summed E-state index contributed by atoms with van der Waals surface area (Å²) < 4.78 is 57.3. The van der Waals surface area contributed by atoms with E-state index in [0.29, 0.717) is 0 Å². The van der Waals surface area contributed by atoms with Crippen LogP contribution in [0.3, 0.4) is 0 Å². The van der Waals surface area contributed by atoms with E-state index in [9.17, 15) is 22.4 Å². The zero-order valence-electron chi connectivity index (χ0n) is 12.2. The van der Waals surface area contributed by atoms with E-state index >= 15 is 0 Å². The minimum Gasteiger partial charge on any atom is -0.465 e. The molecule has 0 bridgehead atoms. The van der Waals surface area contributed by atoms with Gasteiger partial charge in [0.2, 0.25) is 0 Å². The standard InChI is InChI=1S/C14H14F4N2O2S/c1-12(16)6-14(17,18)13(2,20-10(12)23)8-5-7(19-11(21)22)3-4-9(8)15/h3-5,19H,6H2,1-2H3,(H,20,23)(H,21,22). The summed E-state index contributed by atoms with van der Waals surface area (Å²) in [6.07, 6.45) is -2.64. The van der Waals surface area contributed by atoms with Crippen LogP contribution in [0.1, 0.15) is 25.8 Å². The number of carbonyl (C=O) groups is 1. The molecule has 1 aromatic rings. The van der Waals surface area contributed by atoms with E-state index in [2.05, 4.69) is 5.32 Å². The maximum atomic E-state index is 14.5. The van der Waals surface area contributed by atoms with Gasteiger partial charge in [0, 0.05) is 11.3 Å². The van der Waals surface area contributed by atoms with Crippen LogP contribution in [0.4, 0.5) is 28.0 Å². The van der Waals surface area contributed by atoms with Crippen LogP contribution >= 0.6 is 12.2 Å². The average molecular weight is 350 g/mol. The number of piperidine rings is 1. The van der Waals surface area contributed by atoms with E-state index in [1.54, 1.807) is 0 Å². The van der Waals surface area contributed by atoms with Crippen LogP contribution in [0.25, 0.3) is 0 Å². The van der Waals surface area contributed by atoms with Crippen molar-refractivity contribution < 1.29 is 27.5 Å². The molecule has 1 amide bonds. The molecule has 0 radical (unpaired) electrons. The van der Waals surface area contributed by atoms with Crippen molar-refractivity contribution in [2.24, 2.45) is 0 Å². The Morgan fingerprint density at radius 1 is 1.35 bits per heavy atom. The number of anilines is 1. The molecule has 0 spiro atoms. The second-order valence-electron chi connectivity index (χ2n) is 5.78. The van der Waals surface area contributed by atoms with Gasteiger partial charge < -0.3 is 10.4 Å². The zero-order chi connectivity index (χ0) is 17.6. The molecule has 1 heterocycles. The molecule has 126 valence electrons. The molecule has 2 unspecified atom stereocenters. The highest BCUT2D eigenvalue weighted by atomic mass is 32.1. The molecular weight excluding hydrogens is 336 g/mol. The van der Waals surface area contributed by atoms with Crippen molar-refractivity contribution in [3.63, 3.8) is 0 Å². The number of benzene rings is 1. The second-order valence-corrected chi connectivity index (χ2v) is 6.19. The predicted molar refractivity (Wildman–Crippen MR) is 80.2 cm³/mol. The maximum absolute atomic E-state index is 14.5. The first-order valence-electron chi connectivity index (χ1n) is 6.58. The molecule has 0 aliphatic carbocycles. The molecule has 9 heteroatoms. The smallest absolute Gasteiger partial charge is 0.409 e. The molecule has 1 aliphatic rings. The SMILES string of the molecule is CC1(F)CC(F)(F)C(C)(c2cc(NC(=O)O)ccc2F)NC1=S. The first kappa shape index (κ1) is 17.5. The molecule has 0 saturated carbocycles. The van der Waals surface area contributed by atoms with Crippen LogP contribution in [-0.2, 0) is 5.54 Å². The molecule has 23 heavy (non-hydrogen) atoms. The monoisotopic (exact) mass is 350 g/mol. The van der Waals surface area contributed by atoms with Crippen molar-refractivity contribution >= 4 is 29.0 Å². The summed E-state index contributed by atoms with van der Waals surface area (Å²) in [5, 5.41) is 12.8. The molecule has 1 aromatic carbocycles. The van der Waals surface area contributed by atoms with E-state index in [0.717, 1.165) is 32.0 Å². The predicted octanol–water partition coefficient (Wildman–Crippen LogP) is 3.82. The molecule has 2 atom stereocenters. The van der Waals surface area contributed by atoms with Crippen LogP contribution in [0.15, 0.2) is 18.2 Å². The van der Waals surface area contributed by atoms with Crippen molar-refractivity contribution in [3.05, 3.63) is 29.6 Å². The number of alkyl halides is 3. The van der Waals surface area contributed by atoms with Crippen LogP contribution in [0.2, 0.25) is 0 Å². The van der Waals surface area contributed by atoms with Gasteiger partial charge in [-0.2, -0.15) is 0 Å². The first-order chi connectivity index (χ1) is 10.4. The minimum atomic E-state index is -3.67. The quantitative estimate of drug-likeness (QED) is 0.561. The third kappa shape index (κ3) is 2.97. The van der Waals surface area contributed by atoms with Gasteiger partial charge in [0.25, 0.3) is 5.92 Å². The lowest BCUT2D eigenvalue weighted by Crippen LogP contribution is -2.66. The molecular formula is C14H14F4N2O2S. The highest BCUT2D eigenvalue weighted by molar-refractivity contribution is 7.80. The summed E-state index contributed by atoms with van der Waals surface area (Å²) in [5.74, 6) is -4.65. The molecule has 1 saturated heterocycles. The highest BCUT2D eigenvalue weighted by Crippen LogP contribution is 2.48. The number of thiocarbonyl (C=S) groups is 1. The summed E-state index contributed by atoms with van der Waals surface area (Å²) in [4.78, 5) is 10.2. The Bertz CT molecular complexity index is 681. The number of hydrogen-bond acceptors (Lipinski definition) is 2. The van der Waals surface area contributed by atoms with Gasteiger partial charge in [0.1, 0.15) is 16.3 Å². The lowest BCUT2D eigenvalue weighted by Gasteiger charge is -2.47. The van der Waals surface area contributed by atoms with Gasteiger partial charge in [-0.15, -0.1) is 0 Å². The van der Waals surface area contributed by atoms with Gasteiger partial charge in [0.15, 0.2) is 5.67 Å². The number of rotatable bonds is 2. The van der Waals surface area contributed by atoms with Crippen molar-refractivity contribution in [2.75, 3.05) is 5.32 Å². The van der Waals surface area contributed by atoms with Gasteiger partial charge in [-0.1, -0.05) is 12.2 Å². The lowest BCUT2D eigenvalue weighted by atomic mass is 9.76. The lowest BCUT2D eigenvalue weighted by molar-refractivity contribution is -0.119. The molecule has 1 fully saturated rings. The zero-order valence-corrected chi connectivity index (χ0v) is 13.0. The Hall–Kier alpha value is -1.90. The fourth-order valence-corrected chi connectivity index (χ4v) is 2.77. The van der Waals surface area contributed by atoms with Gasteiger partial charge >= 0.3 is 6.09 Å². The summed E-state index contributed by atoms with van der Waals surface area (Å²) in [7, 11) is 0. The Kier molecular flexibility index (Phi) is 4.04. The number of hydrogen-bond donors (Lipinski definition) is 3. The summed E-state index contributed by atoms with van der Waals surface area (Å²) >= 11 is 4.79. The normalized spacial score (nSPS) is 29.7. The molecule has 1 aliphatic heterocycles. The summed E-state index contributed by atoms with van der Waals surface area (Å²) in [5.41, 5.74) is -5.33. The highest BCUT2D eigenvalue weighted by Gasteiger charge is 2.61. The third-order valence-electron chi connectivity index (χ3n) is 3.88. The fourth-order valence-electron chi connectivity index (χ4n) is 2.50. The van der Waals surface area contributed by atoms with Gasteiger partial charge in [-0.25, -0.2) is 22.4 Å². The Labute approximate surface area is 134 Å². The van der Waals surface area contributed by atoms with E-state index in [1.807, 2.05) is 5.32 Å². The van der Waals surface area contributed by atoms with Gasteiger partial charge in [0.05, 0.1) is 6.42 Å². The van der Waals surface area contributed by atoms with E-state index in [-0.39, 0.29) is 5.69 Å². The molecule has 3 N–H and O–H groups in total. The molecule has 2 rings (SSSR count). The largest absolute Gasteiger partial charge is 0.465 e. The Balaban J connectivity index is 2.54. The van der Waals surface area contributed by atoms with E-state index in [4.69, 9.17) is 17.3 Å². The van der Waals surface area contributed by atoms with Gasteiger partial charge in [-0.05, 0) is 32.0 Å². The van der Waals surface area contributed by atoms with Crippen molar-refractivity contribution in [2.45, 2.75) is 37.4 Å². The number of nitrogens with one attached hydrogen (secondary N) is 2. The van der Waals surface area contributed by atoms with Crippen LogP contribution in [0.5, 0.6) is 0 Å². The average Bonchev–Trinajstić information content (AvgIpc) is 2.37.